The summed E-state index contributed by atoms with van der Waals surface area (Å²) in [5, 5.41) is 4.06. The largest absolute Gasteiger partial charge is 0.369 e. The third-order valence-corrected chi connectivity index (χ3v) is 3.82. The zero-order valence-electron chi connectivity index (χ0n) is 10.4. The van der Waals surface area contributed by atoms with Gasteiger partial charge in [-0.25, -0.2) is 9.97 Å². The highest BCUT2D eigenvalue weighted by Gasteiger charge is 2.06. The smallest absolute Gasteiger partial charge is 0.176 e. The molecule has 0 saturated carbocycles. The highest BCUT2D eigenvalue weighted by Crippen LogP contribution is 2.27. The number of hydrogen-bond donors (Lipinski definition) is 1. The van der Waals surface area contributed by atoms with Crippen molar-refractivity contribution in [2.45, 2.75) is 36.1 Å². The first-order valence-corrected chi connectivity index (χ1v) is 7.47. The number of rotatable bonds is 6. The quantitative estimate of drug-likeness (QED) is 0.878. The third-order valence-electron chi connectivity index (χ3n) is 2.13. The van der Waals surface area contributed by atoms with Gasteiger partial charge in [0.05, 0.1) is 12.4 Å². The molecule has 0 aromatic carbocycles. The van der Waals surface area contributed by atoms with Gasteiger partial charge in [-0.1, -0.05) is 13.8 Å². The number of anilines is 1. The Morgan fingerprint density at radius 1 is 1.28 bits per heavy atom. The molecule has 0 spiro atoms. The summed E-state index contributed by atoms with van der Waals surface area (Å²) < 4.78 is 5.16. The van der Waals surface area contributed by atoms with Gasteiger partial charge in [-0.3, -0.25) is 4.98 Å². The van der Waals surface area contributed by atoms with Crippen LogP contribution in [0.3, 0.4) is 0 Å². The Hall–Kier alpha value is -1.21. The molecule has 0 amide bonds. The van der Waals surface area contributed by atoms with Gasteiger partial charge in [-0.2, -0.15) is 4.37 Å². The highest BCUT2D eigenvalue weighted by atomic mass is 32.2. The van der Waals surface area contributed by atoms with Crippen molar-refractivity contribution < 1.29 is 0 Å². The van der Waals surface area contributed by atoms with Crippen LogP contribution in [0.5, 0.6) is 0 Å². The number of aryl methyl sites for hydroxylation is 1. The van der Waals surface area contributed by atoms with E-state index in [4.69, 9.17) is 0 Å². The van der Waals surface area contributed by atoms with Gasteiger partial charge in [0, 0.05) is 13.0 Å². The maximum Gasteiger partial charge on any atom is 0.176 e. The molecular formula is C11H15N5S2. The van der Waals surface area contributed by atoms with Crippen LogP contribution in [0.1, 0.15) is 26.1 Å². The van der Waals surface area contributed by atoms with Crippen molar-refractivity contribution in [2.24, 2.45) is 0 Å². The maximum absolute atomic E-state index is 4.47. The van der Waals surface area contributed by atoms with E-state index in [1.54, 1.807) is 12.4 Å². The van der Waals surface area contributed by atoms with Crippen LogP contribution in [0.4, 0.5) is 5.82 Å². The second kappa shape index (κ2) is 6.65. The predicted octanol–water partition coefficient (Wildman–Crippen LogP) is 2.86. The first-order chi connectivity index (χ1) is 8.81. The van der Waals surface area contributed by atoms with E-state index in [0.29, 0.717) is 0 Å². The SMILES string of the molecule is CCCNc1cncc(Sc2nc(CC)ns2)n1. The van der Waals surface area contributed by atoms with Crippen molar-refractivity contribution in [2.75, 3.05) is 11.9 Å². The lowest BCUT2D eigenvalue weighted by atomic mass is 10.5. The van der Waals surface area contributed by atoms with E-state index in [2.05, 4.69) is 31.6 Å². The molecule has 0 bridgehead atoms. The van der Waals surface area contributed by atoms with Crippen LogP contribution in [-0.2, 0) is 6.42 Å². The summed E-state index contributed by atoms with van der Waals surface area (Å²) in [6.45, 7) is 5.07. The van der Waals surface area contributed by atoms with E-state index in [-0.39, 0.29) is 0 Å². The van der Waals surface area contributed by atoms with Crippen LogP contribution in [0.25, 0.3) is 0 Å². The summed E-state index contributed by atoms with van der Waals surface area (Å²) in [6, 6.07) is 0. The fourth-order valence-electron chi connectivity index (χ4n) is 1.25. The molecule has 0 radical (unpaired) electrons. The molecule has 7 heteroatoms. The summed E-state index contributed by atoms with van der Waals surface area (Å²) >= 11 is 2.91. The molecule has 0 aliphatic heterocycles. The zero-order valence-corrected chi connectivity index (χ0v) is 12.0. The third kappa shape index (κ3) is 3.64. The van der Waals surface area contributed by atoms with E-state index < -0.39 is 0 Å². The maximum atomic E-state index is 4.47. The van der Waals surface area contributed by atoms with Crippen LogP contribution < -0.4 is 5.32 Å². The van der Waals surface area contributed by atoms with Gasteiger partial charge in [-0.05, 0) is 29.7 Å². The molecule has 0 unspecified atom stereocenters. The fourth-order valence-corrected chi connectivity index (χ4v) is 2.85. The molecule has 96 valence electrons. The van der Waals surface area contributed by atoms with Gasteiger partial charge in [0.25, 0.3) is 0 Å². The van der Waals surface area contributed by atoms with Crippen LogP contribution in [0.15, 0.2) is 21.8 Å². The zero-order chi connectivity index (χ0) is 12.8. The molecule has 0 aliphatic carbocycles. The lowest BCUT2D eigenvalue weighted by Crippen LogP contribution is -2.02. The average molecular weight is 281 g/mol. The monoisotopic (exact) mass is 281 g/mol. The molecule has 2 aromatic heterocycles. The Morgan fingerprint density at radius 2 is 2.17 bits per heavy atom. The Morgan fingerprint density at radius 3 is 2.89 bits per heavy atom. The van der Waals surface area contributed by atoms with Crippen molar-refractivity contribution in [1.29, 1.82) is 0 Å². The molecular weight excluding hydrogens is 266 g/mol. The molecule has 1 N–H and O–H groups in total. The van der Waals surface area contributed by atoms with E-state index in [1.165, 1.54) is 23.3 Å². The van der Waals surface area contributed by atoms with Gasteiger partial charge < -0.3 is 5.32 Å². The topological polar surface area (TPSA) is 63.6 Å². The summed E-state index contributed by atoms with van der Waals surface area (Å²) in [4.78, 5) is 13.0. The summed E-state index contributed by atoms with van der Waals surface area (Å²) in [5.74, 6) is 1.69. The summed E-state index contributed by atoms with van der Waals surface area (Å²) in [5.41, 5.74) is 0. The van der Waals surface area contributed by atoms with Gasteiger partial charge >= 0.3 is 0 Å². The highest BCUT2D eigenvalue weighted by molar-refractivity contribution is 8.00. The molecule has 0 fully saturated rings. The molecule has 2 aromatic rings. The molecule has 0 aliphatic rings. The lowest BCUT2D eigenvalue weighted by Gasteiger charge is -2.03. The second-order valence-electron chi connectivity index (χ2n) is 3.60. The van der Waals surface area contributed by atoms with Gasteiger partial charge in [-0.15, -0.1) is 0 Å². The molecule has 18 heavy (non-hydrogen) atoms. The average Bonchev–Trinajstić information content (AvgIpc) is 2.84. The van der Waals surface area contributed by atoms with E-state index in [9.17, 15) is 0 Å². The van der Waals surface area contributed by atoms with Gasteiger partial charge in [0.15, 0.2) is 4.34 Å². The number of nitrogens with one attached hydrogen (secondary N) is 1. The van der Waals surface area contributed by atoms with Crippen molar-refractivity contribution in [3.8, 4) is 0 Å². The standard InChI is InChI=1S/C11H15N5S2/c1-3-5-13-9-6-12-7-10(14-9)17-11-15-8(4-2)16-18-11/h6-7H,3-5H2,1-2H3,(H,13,14). The predicted molar refractivity (Wildman–Crippen MR) is 74.2 cm³/mol. The first-order valence-electron chi connectivity index (χ1n) is 5.88. The molecule has 2 rings (SSSR count). The van der Waals surface area contributed by atoms with Crippen molar-refractivity contribution in [1.82, 2.24) is 19.3 Å². The first kappa shape index (κ1) is 13.2. The number of aromatic nitrogens is 4. The Bertz CT molecular complexity index is 500. The molecule has 0 atom stereocenters. The molecule has 2 heterocycles. The van der Waals surface area contributed by atoms with Crippen LogP contribution in [-0.4, -0.2) is 25.9 Å². The van der Waals surface area contributed by atoms with E-state index >= 15 is 0 Å². The minimum absolute atomic E-state index is 0.807. The minimum Gasteiger partial charge on any atom is -0.369 e. The van der Waals surface area contributed by atoms with Gasteiger partial charge in [0.1, 0.15) is 16.7 Å². The van der Waals surface area contributed by atoms with Crippen LogP contribution in [0.2, 0.25) is 0 Å². The number of hydrogen-bond acceptors (Lipinski definition) is 7. The van der Waals surface area contributed by atoms with Crippen molar-refractivity contribution >= 4 is 29.1 Å². The molecule has 5 nitrogen and oxygen atoms in total. The van der Waals surface area contributed by atoms with Crippen LogP contribution >= 0.6 is 23.3 Å². The second-order valence-corrected chi connectivity index (χ2v) is 5.62. The van der Waals surface area contributed by atoms with Gasteiger partial charge in [0.2, 0.25) is 0 Å². The Balaban J connectivity index is 2.04. The van der Waals surface area contributed by atoms with Crippen molar-refractivity contribution in [3.05, 3.63) is 18.2 Å². The van der Waals surface area contributed by atoms with E-state index in [0.717, 1.165) is 40.4 Å². The summed E-state index contributed by atoms with van der Waals surface area (Å²) in [6.07, 6.45) is 5.41. The lowest BCUT2D eigenvalue weighted by molar-refractivity contribution is 0.946. The normalized spacial score (nSPS) is 10.6. The Labute approximate surface area is 115 Å². The Kier molecular flexibility index (Phi) is 4.89. The van der Waals surface area contributed by atoms with Crippen molar-refractivity contribution in [3.63, 3.8) is 0 Å². The fraction of sp³-hybridized carbons (Fsp3) is 0.455. The molecule has 0 saturated heterocycles. The minimum atomic E-state index is 0.807. The number of nitrogens with zero attached hydrogens (tertiary/aromatic N) is 4. The summed E-state index contributed by atoms with van der Waals surface area (Å²) in [7, 11) is 0. The van der Waals surface area contributed by atoms with Crippen LogP contribution in [0, 0.1) is 0 Å². The van der Waals surface area contributed by atoms with E-state index in [1.807, 2.05) is 6.92 Å².